The number of aryl methyl sites for hydroxylation is 2. The fourth-order valence-electron chi connectivity index (χ4n) is 2.60. The Morgan fingerprint density at radius 3 is 2.14 bits per heavy atom. The molecule has 0 saturated heterocycles. The Labute approximate surface area is 165 Å². The molecule has 0 unspecified atom stereocenters. The van der Waals surface area contributed by atoms with Gasteiger partial charge in [0.2, 0.25) is 0 Å². The van der Waals surface area contributed by atoms with Gasteiger partial charge in [0.05, 0.1) is 27.0 Å². The third kappa shape index (κ3) is 4.56. The molecular weight excluding hydrogens is 380 g/mol. The van der Waals surface area contributed by atoms with Crippen molar-refractivity contribution in [1.29, 1.82) is 5.26 Å². The van der Waals surface area contributed by atoms with E-state index in [0.29, 0.717) is 28.5 Å². The summed E-state index contributed by atoms with van der Waals surface area (Å²) in [6.07, 6.45) is 1.23. The maximum Gasteiger partial charge on any atom is 0.272 e. The normalized spacial score (nSPS) is 11.5. The molecule has 1 N–H and O–H groups in total. The first kappa shape index (κ1) is 21.1. The standard InChI is InChI=1S/C20H22N2O5S/c1-13-6-7-17(14(2)8-13)22-28(23,24)16(12-21)9-15-10-19(26-4)20(27-5)11-18(15)25-3/h6-11,22H,1-5H3. The molecule has 7 nitrogen and oxygen atoms in total. The van der Waals surface area contributed by atoms with Gasteiger partial charge < -0.3 is 14.2 Å². The van der Waals surface area contributed by atoms with Crippen LogP contribution in [0.4, 0.5) is 5.69 Å². The van der Waals surface area contributed by atoms with Gasteiger partial charge in [-0.1, -0.05) is 17.7 Å². The van der Waals surface area contributed by atoms with E-state index in [0.717, 1.165) is 11.1 Å². The van der Waals surface area contributed by atoms with Gasteiger partial charge in [-0.05, 0) is 37.6 Å². The van der Waals surface area contributed by atoms with Crippen LogP contribution in [0.5, 0.6) is 17.2 Å². The minimum atomic E-state index is -4.10. The van der Waals surface area contributed by atoms with Gasteiger partial charge in [0, 0.05) is 11.6 Å². The molecule has 2 aromatic rings. The zero-order chi connectivity index (χ0) is 20.9. The first-order chi connectivity index (χ1) is 13.2. The second-order valence-corrected chi connectivity index (χ2v) is 7.64. The van der Waals surface area contributed by atoms with Crippen molar-refractivity contribution < 1.29 is 22.6 Å². The topological polar surface area (TPSA) is 97.7 Å². The number of allylic oxidation sites excluding steroid dienone is 1. The van der Waals surface area contributed by atoms with E-state index in [-0.39, 0.29) is 0 Å². The predicted molar refractivity (Wildman–Crippen MR) is 108 cm³/mol. The average Bonchev–Trinajstić information content (AvgIpc) is 2.67. The number of nitrogens with one attached hydrogen (secondary N) is 1. The Hall–Kier alpha value is -3.18. The van der Waals surface area contributed by atoms with Crippen LogP contribution in [0.15, 0.2) is 35.2 Å². The lowest BCUT2D eigenvalue weighted by Crippen LogP contribution is -2.15. The fraction of sp³-hybridized carbons (Fsp3) is 0.250. The summed E-state index contributed by atoms with van der Waals surface area (Å²) < 4.78 is 43.7. The third-order valence-corrected chi connectivity index (χ3v) is 5.33. The van der Waals surface area contributed by atoms with Crippen molar-refractivity contribution >= 4 is 21.8 Å². The number of ether oxygens (including phenoxy) is 3. The van der Waals surface area contributed by atoms with Crippen LogP contribution >= 0.6 is 0 Å². The van der Waals surface area contributed by atoms with E-state index in [9.17, 15) is 13.7 Å². The predicted octanol–water partition coefficient (Wildman–Crippen LogP) is 3.64. The average molecular weight is 402 g/mol. The summed E-state index contributed by atoms with van der Waals surface area (Å²) in [4.78, 5) is -0.460. The van der Waals surface area contributed by atoms with Gasteiger partial charge in [-0.25, -0.2) is 8.42 Å². The minimum Gasteiger partial charge on any atom is -0.496 e. The van der Waals surface area contributed by atoms with Crippen molar-refractivity contribution in [3.8, 4) is 23.3 Å². The molecular formula is C20H22N2O5S. The molecule has 148 valence electrons. The number of nitriles is 1. The van der Waals surface area contributed by atoms with Crippen molar-refractivity contribution in [2.45, 2.75) is 13.8 Å². The molecule has 0 aromatic heterocycles. The van der Waals surface area contributed by atoms with Crippen LogP contribution in [-0.4, -0.2) is 29.7 Å². The van der Waals surface area contributed by atoms with Crippen molar-refractivity contribution in [2.24, 2.45) is 0 Å². The second kappa shape index (κ2) is 8.67. The smallest absolute Gasteiger partial charge is 0.272 e. The molecule has 0 radical (unpaired) electrons. The van der Waals surface area contributed by atoms with E-state index >= 15 is 0 Å². The van der Waals surface area contributed by atoms with Gasteiger partial charge in [-0.3, -0.25) is 4.72 Å². The van der Waals surface area contributed by atoms with Crippen LogP contribution in [0.1, 0.15) is 16.7 Å². The summed E-state index contributed by atoms with van der Waals surface area (Å²) in [7, 11) is 0.278. The van der Waals surface area contributed by atoms with Crippen molar-refractivity contribution in [3.63, 3.8) is 0 Å². The molecule has 0 saturated carbocycles. The molecule has 0 spiro atoms. The van der Waals surface area contributed by atoms with Gasteiger partial charge in [0.25, 0.3) is 10.0 Å². The van der Waals surface area contributed by atoms with Crippen LogP contribution in [0.2, 0.25) is 0 Å². The Kier molecular flexibility index (Phi) is 6.54. The summed E-state index contributed by atoms with van der Waals surface area (Å²) in [5, 5.41) is 9.47. The van der Waals surface area contributed by atoms with E-state index in [2.05, 4.69) is 4.72 Å². The van der Waals surface area contributed by atoms with Crippen LogP contribution in [0.25, 0.3) is 6.08 Å². The fourth-order valence-corrected chi connectivity index (χ4v) is 3.64. The third-order valence-electron chi connectivity index (χ3n) is 4.05. The second-order valence-electron chi connectivity index (χ2n) is 5.99. The van der Waals surface area contributed by atoms with Crippen LogP contribution in [0, 0.1) is 25.2 Å². The SMILES string of the molecule is COc1cc(OC)c(OC)cc1C=C(C#N)S(=O)(=O)Nc1ccc(C)cc1C. The van der Waals surface area contributed by atoms with E-state index in [4.69, 9.17) is 14.2 Å². The molecule has 0 aliphatic rings. The summed E-state index contributed by atoms with van der Waals surface area (Å²) in [5.41, 5.74) is 2.53. The Bertz CT molecular complexity index is 1050. The first-order valence-corrected chi connectivity index (χ1v) is 9.76. The van der Waals surface area contributed by atoms with E-state index in [1.165, 1.54) is 27.4 Å². The number of methoxy groups -OCH3 is 3. The zero-order valence-electron chi connectivity index (χ0n) is 16.4. The molecule has 0 aliphatic carbocycles. The highest BCUT2D eigenvalue weighted by molar-refractivity contribution is 7.97. The number of benzene rings is 2. The maximum absolute atomic E-state index is 12.8. The number of hydrogen-bond donors (Lipinski definition) is 1. The van der Waals surface area contributed by atoms with E-state index in [1.807, 2.05) is 13.0 Å². The monoisotopic (exact) mass is 402 g/mol. The summed E-state index contributed by atoms with van der Waals surface area (Å²) in [5.74, 6) is 1.14. The zero-order valence-corrected chi connectivity index (χ0v) is 17.2. The largest absolute Gasteiger partial charge is 0.496 e. The van der Waals surface area contributed by atoms with E-state index < -0.39 is 14.9 Å². The molecule has 0 atom stereocenters. The van der Waals surface area contributed by atoms with Gasteiger partial charge in [-0.2, -0.15) is 5.26 Å². The number of rotatable bonds is 7. The first-order valence-electron chi connectivity index (χ1n) is 8.27. The Morgan fingerprint density at radius 2 is 1.61 bits per heavy atom. The van der Waals surface area contributed by atoms with Crippen LogP contribution in [0.3, 0.4) is 0 Å². The summed E-state index contributed by atoms with van der Waals surface area (Å²) in [6, 6.07) is 10.1. The van der Waals surface area contributed by atoms with Gasteiger partial charge in [-0.15, -0.1) is 0 Å². The highest BCUT2D eigenvalue weighted by atomic mass is 32.2. The number of sulfonamides is 1. The molecule has 0 heterocycles. The van der Waals surface area contributed by atoms with Crippen LogP contribution in [-0.2, 0) is 10.0 Å². The molecule has 2 rings (SSSR count). The summed E-state index contributed by atoms with van der Waals surface area (Å²) in [6.45, 7) is 3.70. The lowest BCUT2D eigenvalue weighted by molar-refractivity contribution is 0.348. The van der Waals surface area contributed by atoms with Gasteiger partial charge in [0.15, 0.2) is 16.4 Å². The van der Waals surface area contributed by atoms with Crippen LogP contribution < -0.4 is 18.9 Å². The number of nitrogens with zero attached hydrogens (tertiary/aromatic N) is 1. The molecule has 2 aromatic carbocycles. The number of hydrogen-bond acceptors (Lipinski definition) is 6. The van der Waals surface area contributed by atoms with Crippen molar-refractivity contribution in [3.05, 3.63) is 51.9 Å². The highest BCUT2D eigenvalue weighted by Crippen LogP contribution is 2.36. The van der Waals surface area contributed by atoms with Crippen molar-refractivity contribution in [2.75, 3.05) is 26.1 Å². The molecule has 0 aliphatic heterocycles. The van der Waals surface area contributed by atoms with E-state index in [1.54, 1.807) is 37.3 Å². The quantitative estimate of drug-likeness (QED) is 0.710. The highest BCUT2D eigenvalue weighted by Gasteiger charge is 2.20. The Morgan fingerprint density at radius 1 is 1.00 bits per heavy atom. The lowest BCUT2D eigenvalue weighted by atomic mass is 10.1. The molecule has 28 heavy (non-hydrogen) atoms. The van der Waals surface area contributed by atoms with Gasteiger partial charge >= 0.3 is 0 Å². The molecule has 0 bridgehead atoms. The lowest BCUT2D eigenvalue weighted by Gasteiger charge is -2.13. The Balaban J connectivity index is 2.51. The molecule has 8 heteroatoms. The maximum atomic E-state index is 12.8. The van der Waals surface area contributed by atoms with Crippen molar-refractivity contribution in [1.82, 2.24) is 0 Å². The number of anilines is 1. The summed E-state index contributed by atoms with van der Waals surface area (Å²) >= 11 is 0. The minimum absolute atomic E-state index is 0.340. The van der Waals surface area contributed by atoms with Gasteiger partial charge in [0.1, 0.15) is 11.8 Å². The molecule has 0 fully saturated rings. The molecule has 0 amide bonds.